The third-order valence-corrected chi connectivity index (χ3v) is 3.56. The molecule has 1 aliphatic heterocycles. The smallest absolute Gasteiger partial charge is 0.324 e. The Hall–Kier alpha value is -2.28. The molecule has 1 saturated heterocycles. The van der Waals surface area contributed by atoms with Crippen LogP contribution in [0, 0.1) is 5.92 Å². The van der Waals surface area contributed by atoms with Gasteiger partial charge in [-0.25, -0.2) is 4.79 Å². The summed E-state index contributed by atoms with van der Waals surface area (Å²) in [5.74, 6) is 0.808. The highest BCUT2D eigenvalue weighted by Gasteiger charge is 2.22. The molecule has 0 spiro atoms. The first-order valence-electron chi connectivity index (χ1n) is 7.84. The van der Waals surface area contributed by atoms with E-state index in [0.29, 0.717) is 18.1 Å². The number of imide groups is 1. The minimum atomic E-state index is -0.553. The molecule has 0 aliphatic carbocycles. The summed E-state index contributed by atoms with van der Waals surface area (Å²) in [7, 11) is 0. The number of hydrogen-bond acceptors (Lipinski definition) is 5. The lowest BCUT2D eigenvalue weighted by Gasteiger charge is -2.21. The molecule has 0 aromatic heterocycles. The highest BCUT2D eigenvalue weighted by atomic mass is 16.5. The number of amides is 3. The Balaban J connectivity index is 1.73. The van der Waals surface area contributed by atoms with Gasteiger partial charge < -0.3 is 20.1 Å². The fourth-order valence-corrected chi connectivity index (χ4v) is 2.37. The van der Waals surface area contributed by atoms with Crippen LogP contribution in [0.25, 0.3) is 0 Å². The Labute approximate surface area is 135 Å². The summed E-state index contributed by atoms with van der Waals surface area (Å²) in [5.41, 5.74) is 0. The molecule has 23 heavy (non-hydrogen) atoms. The summed E-state index contributed by atoms with van der Waals surface area (Å²) in [4.78, 5) is 23.6. The van der Waals surface area contributed by atoms with Crippen molar-refractivity contribution in [2.24, 2.45) is 5.92 Å². The van der Waals surface area contributed by atoms with E-state index in [2.05, 4.69) is 16.0 Å². The zero-order valence-corrected chi connectivity index (χ0v) is 13.3. The Morgan fingerprint density at radius 1 is 1.17 bits per heavy atom. The van der Waals surface area contributed by atoms with Crippen LogP contribution in [-0.4, -0.2) is 38.4 Å². The molecule has 126 valence electrons. The Kier molecular flexibility index (Phi) is 6.68. The van der Waals surface area contributed by atoms with Crippen molar-refractivity contribution in [3.8, 4) is 11.5 Å². The lowest BCUT2D eigenvalue weighted by molar-refractivity contribution is -0.124. The van der Waals surface area contributed by atoms with Crippen molar-refractivity contribution in [3.63, 3.8) is 0 Å². The van der Waals surface area contributed by atoms with Gasteiger partial charge in [-0.1, -0.05) is 12.1 Å². The Bertz CT molecular complexity index is 530. The number of ether oxygens (including phenoxy) is 2. The van der Waals surface area contributed by atoms with Crippen molar-refractivity contribution < 1.29 is 19.1 Å². The quantitative estimate of drug-likeness (QED) is 0.686. The fourth-order valence-electron chi connectivity index (χ4n) is 2.37. The van der Waals surface area contributed by atoms with E-state index in [4.69, 9.17) is 9.47 Å². The van der Waals surface area contributed by atoms with Crippen molar-refractivity contribution in [2.75, 3.05) is 26.4 Å². The number of rotatable bonds is 6. The van der Waals surface area contributed by atoms with Gasteiger partial charge in [0.2, 0.25) is 5.91 Å². The van der Waals surface area contributed by atoms with Crippen molar-refractivity contribution in [2.45, 2.75) is 19.8 Å². The maximum Gasteiger partial charge on any atom is 0.324 e. The normalized spacial score (nSPS) is 14.8. The van der Waals surface area contributed by atoms with Crippen LogP contribution >= 0.6 is 0 Å². The van der Waals surface area contributed by atoms with Crippen LogP contribution < -0.4 is 25.4 Å². The lowest BCUT2D eigenvalue weighted by atomic mass is 9.97. The zero-order chi connectivity index (χ0) is 16.5. The summed E-state index contributed by atoms with van der Waals surface area (Å²) < 4.78 is 10.9. The first-order chi connectivity index (χ1) is 11.2. The number of benzene rings is 1. The SMILES string of the molecule is CCOc1ccccc1OCNC(=O)NC(=O)C1CCNCC1. The van der Waals surface area contributed by atoms with Crippen LogP contribution in [0.3, 0.4) is 0 Å². The van der Waals surface area contributed by atoms with Crippen LogP contribution in [0.4, 0.5) is 4.79 Å². The monoisotopic (exact) mass is 321 g/mol. The number of nitrogens with one attached hydrogen (secondary N) is 3. The summed E-state index contributed by atoms with van der Waals surface area (Å²) in [6.45, 7) is 3.97. The zero-order valence-electron chi connectivity index (χ0n) is 13.3. The van der Waals surface area contributed by atoms with E-state index in [1.165, 1.54) is 0 Å². The van der Waals surface area contributed by atoms with Gasteiger partial charge in [-0.3, -0.25) is 10.1 Å². The van der Waals surface area contributed by atoms with Crippen LogP contribution in [-0.2, 0) is 4.79 Å². The first-order valence-corrected chi connectivity index (χ1v) is 7.84. The van der Waals surface area contributed by atoms with Crippen molar-refractivity contribution in [1.29, 1.82) is 0 Å². The van der Waals surface area contributed by atoms with Crippen molar-refractivity contribution >= 4 is 11.9 Å². The molecule has 1 aromatic rings. The summed E-state index contributed by atoms with van der Waals surface area (Å²) in [6, 6.07) is 6.65. The largest absolute Gasteiger partial charge is 0.490 e. The molecule has 7 nitrogen and oxygen atoms in total. The molecule has 1 heterocycles. The van der Waals surface area contributed by atoms with E-state index < -0.39 is 6.03 Å². The average molecular weight is 321 g/mol. The number of piperidine rings is 1. The van der Waals surface area contributed by atoms with Gasteiger partial charge in [0, 0.05) is 5.92 Å². The van der Waals surface area contributed by atoms with Crippen LogP contribution in [0.2, 0.25) is 0 Å². The molecule has 0 bridgehead atoms. The van der Waals surface area contributed by atoms with Gasteiger partial charge >= 0.3 is 6.03 Å². The topological polar surface area (TPSA) is 88.7 Å². The number of carbonyl (C=O) groups excluding carboxylic acids is 2. The third-order valence-electron chi connectivity index (χ3n) is 3.56. The second kappa shape index (κ2) is 8.99. The third kappa shape index (κ3) is 5.45. The maximum absolute atomic E-state index is 11.9. The maximum atomic E-state index is 11.9. The molecule has 2 rings (SSSR count). The van der Waals surface area contributed by atoms with Gasteiger partial charge in [-0.15, -0.1) is 0 Å². The standard InChI is InChI=1S/C16H23N3O4/c1-2-22-13-5-3-4-6-14(13)23-11-18-16(21)19-15(20)12-7-9-17-10-8-12/h3-6,12,17H,2,7-11H2,1H3,(H2,18,19,20,21). The number of urea groups is 1. The molecule has 1 fully saturated rings. The molecule has 0 atom stereocenters. The van der Waals surface area contributed by atoms with Crippen LogP contribution in [0.1, 0.15) is 19.8 Å². The van der Waals surface area contributed by atoms with Gasteiger partial charge in [0.05, 0.1) is 6.61 Å². The highest BCUT2D eigenvalue weighted by molar-refractivity contribution is 5.95. The van der Waals surface area contributed by atoms with Gasteiger partial charge in [0.1, 0.15) is 0 Å². The van der Waals surface area contributed by atoms with Gasteiger partial charge in [-0.2, -0.15) is 0 Å². The molecule has 0 radical (unpaired) electrons. The second-order valence-corrected chi connectivity index (χ2v) is 5.19. The molecule has 7 heteroatoms. The van der Waals surface area contributed by atoms with E-state index in [0.717, 1.165) is 25.9 Å². The molecule has 1 aliphatic rings. The minimum Gasteiger partial charge on any atom is -0.490 e. The Morgan fingerprint density at radius 2 is 1.83 bits per heavy atom. The average Bonchev–Trinajstić information content (AvgIpc) is 2.57. The van der Waals surface area contributed by atoms with E-state index >= 15 is 0 Å². The number of para-hydroxylation sites is 2. The second-order valence-electron chi connectivity index (χ2n) is 5.19. The van der Waals surface area contributed by atoms with Gasteiger partial charge in [-0.05, 0) is 45.0 Å². The fraction of sp³-hybridized carbons (Fsp3) is 0.500. The summed E-state index contributed by atoms with van der Waals surface area (Å²) >= 11 is 0. The molecule has 0 unspecified atom stereocenters. The van der Waals surface area contributed by atoms with Crippen LogP contribution in [0.15, 0.2) is 24.3 Å². The van der Waals surface area contributed by atoms with Crippen molar-refractivity contribution in [3.05, 3.63) is 24.3 Å². The van der Waals surface area contributed by atoms with E-state index in [1.807, 2.05) is 19.1 Å². The van der Waals surface area contributed by atoms with Gasteiger partial charge in [0.25, 0.3) is 0 Å². The van der Waals surface area contributed by atoms with Crippen LogP contribution in [0.5, 0.6) is 11.5 Å². The van der Waals surface area contributed by atoms with E-state index in [1.54, 1.807) is 12.1 Å². The molecule has 0 saturated carbocycles. The number of carbonyl (C=O) groups is 2. The predicted molar refractivity (Wildman–Crippen MR) is 85.4 cm³/mol. The summed E-state index contributed by atoms with van der Waals surface area (Å²) in [5, 5.41) is 8.03. The molecular weight excluding hydrogens is 298 g/mol. The van der Waals surface area contributed by atoms with Gasteiger partial charge in [0.15, 0.2) is 18.2 Å². The molecule has 3 amide bonds. The minimum absolute atomic E-state index is 0.0462. The van der Waals surface area contributed by atoms with Crippen molar-refractivity contribution in [1.82, 2.24) is 16.0 Å². The van der Waals surface area contributed by atoms with E-state index in [-0.39, 0.29) is 18.6 Å². The van der Waals surface area contributed by atoms with E-state index in [9.17, 15) is 9.59 Å². The highest BCUT2D eigenvalue weighted by Crippen LogP contribution is 2.25. The first kappa shape index (κ1) is 17.1. The lowest BCUT2D eigenvalue weighted by Crippen LogP contribution is -2.45. The number of hydrogen-bond donors (Lipinski definition) is 3. The predicted octanol–water partition coefficient (Wildman–Crippen LogP) is 1.25. The molecular formula is C16H23N3O4. The molecule has 1 aromatic carbocycles. The molecule has 3 N–H and O–H groups in total. The Morgan fingerprint density at radius 3 is 2.48 bits per heavy atom. The summed E-state index contributed by atoms with van der Waals surface area (Å²) in [6.07, 6.45) is 1.49.